The van der Waals surface area contributed by atoms with Crippen LogP contribution in [0.2, 0.25) is 5.02 Å². The van der Waals surface area contributed by atoms with Crippen molar-refractivity contribution in [1.29, 1.82) is 0 Å². The maximum Gasteiger partial charge on any atom is 0.142 e. The molecule has 0 unspecified atom stereocenters. The normalized spacial score (nSPS) is 12.9. The number of rotatable bonds is 3. The molecule has 1 aromatic carbocycles. The fourth-order valence-electron chi connectivity index (χ4n) is 3.63. The maximum absolute atomic E-state index is 13.4. The van der Waals surface area contributed by atoms with Gasteiger partial charge in [0, 0.05) is 28.4 Å². The van der Waals surface area contributed by atoms with Gasteiger partial charge in [0.15, 0.2) is 0 Å². The average Bonchev–Trinajstić information content (AvgIpc) is 3.25. The van der Waals surface area contributed by atoms with Crippen LogP contribution in [-0.4, -0.2) is 19.7 Å². The van der Waals surface area contributed by atoms with Gasteiger partial charge in [0.25, 0.3) is 0 Å². The topological polar surface area (TPSA) is 55.6 Å². The lowest BCUT2D eigenvalue weighted by atomic mass is 9.95. The molecule has 0 radical (unpaired) electrons. The van der Waals surface area contributed by atoms with Crippen molar-refractivity contribution in [1.82, 2.24) is 19.7 Å². The van der Waals surface area contributed by atoms with Crippen LogP contribution in [0.5, 0.6) is 0 Å². The summed E-state index contributed by atoms with van der Waals surface area (Å²) in [6.07, 6.45) is 5.36. The van der Waals surface area contributed by atoms with Gasteiger partial charge >= 0.3 is 0 Å². The summed E-state index contributed by atoms with van der Waals surface area (Å²) in [6, 6.07) is 4.56. The van der Waals surface area contributed by atoms with Gasteiger partial charge in [-0.2, -0.15) is 5.10 Å². The van der Waals surface area contributed by atoms with Crippen LogP contribution >= 0.6 is 22.9 Å². The number of nitrogens with one attached hydrogen (secondary N) is 1. The fourth-order valence-corrected chi connectivity index (χ4v) is 5.04. The van der Waals surface area contributed by atoms with Gasteiger partial charge in [-0.1, -0.05) is 11.6 Å². The van der Waals surface area contributed by atoms with Gasteiger partial charge in [-0.15, -0.1) is 11.3 Å². The Morgan fingerprint density at radius 3 is 3.00 bits per heavy atom. The average molecular weight is 400 g/mol. The van der Waals surface area contributed by atoms with E-state index in [1.54, 1.807) is 29.8 Å². The third kappa shape index (κ3) is 2.61. The minimum absolute atomic E-state index is 0.0780. The van der Waals surface area contributed by atoms with E-state index in [2.05, 4.69) is 32.0 Å². The van der Waals surface area contributed by atoms with Crippen molar-refractivity contribution in [2.24, 2.45) is 0 Å². The number of anilines is 2. The quantitative estimate of drug-likeness (QED) is 0.513. The zero-order valence-corrected chi connectivity index (χ0v) is 16.0. The molecule has 27 heavy (non-hydrogen) atoms. The summed E-state index contributed by atoms with van der Waals surface area (Å²) in [5.74, 6) is 0.273. The zero-order valence-electron chi connectivity index (χ0n) is 14.5. The largest absolute Gasteiger partial charge is 0.340 e. The van der Waals surface area contributed by atoms with Crippen molar-refractivity contribution in [3.63, 3.8) is 0 Å². The first kappa shape index (κ1) is 16.6. The number of aryl methyl sites for hydroxylation is 2. The molecule has 5 rings (SSSR count). The molecule has 5 nitrogen and oxygen atoms in total. The number of benzene rings is 1. The standard InChI is InChI=1S/C19H15ClFN5S/c1-2-26-15-6-4-11-16-18(25-10-3-5-14(21)13(20)7-10)22-9-23-19(16)27-17(11)12(15)8-24-26/h3,5,7-9H,2,4,6H2,1H3,(H,22,23,25). The van der Waals surface area contributed by atoms with E-state index in [0.29, 0.717) is 11.5 Å². The molecule has 1 aliphatic carbocycles. The fraction of sp³-hybridized carbons (Fsp3) is 0.211. The molecule has 0 amide bonds. The zero-order chi connectivity index (χ0) is 18.5. The Labute approximate surface area is 163 Å². The van der Waals surface area contributed by atoms with Crippen LogP contribution in [0.1, 0.15) is 18.2 Å². The molecular formula is C19H15ClFN5S. The molecule has 1 aliphatic rings. The monoisotopic (exact) mass is 399 g/mol. The number of aromatic nitrogens is 4. The van der Waals surface area contributed by atoms with Gasteiger partial charge in [-0.05, 0) is 43.5 Å². The Morgan fingerprint density at radius 1 is 1.30 bits per heavy atom. The number of halogens is 2. The van der Waals surface area contributed by atoms with Crippen molar-refractivity contribution in [3.05, 3.63) is 52.8 Å². The van der Waals surface area contributed by atoms with E-state index < -0.39 is 5.82 Å². The van der Waals surface area contributed by atoms with Gasteiger partial charge in [-0.25, -0.2) is 14.4 Å². The van der Waals surface area contributed by atoms with Crippen molar-refractivity contribution in [3.8, 4) is 10.4 Å². The molecule has 0 aliphatic heterocycles. The smallest absolute Gasteiger partial charge is 0.142 e. The van der Waals surface area contributed by atoms with Crippen LogP contribution in [0.25, 0.3) is 20.7 Å². The lowest BCUT2D eigenvalue weighted by Gasteiger charge is -2.15. The first-order valence-electron chi connectivity index (χ1n) is 8.69. The summed E-state index contributed by atoms with van der Waals surface area (Å²) in [7, 11) is 0. The van der Waals surface area contributed by atoms with Crippen molar-refractivity contribution in [2.75, 3.05) is 5.32 Å². The second-order valence-corrected chi connectivity index (χ2v) is 7.79. The molecule has 0 bridgehead atoms. The van der Waals surface area contributed by atoms with Gasteiger partial charge in [0.2, 0.25) is 0 Å². The molecule has 4 aromatic rings. The van der Waals surface area contributed by atoms with Gasteiger partial charge < -0.3 is 5.32 Å². The molecule has 3 heterocycles. The molecule has 8 heteroatoms. The highest BCUT2D eigenvalue weighted by Crippen LogP contribution is 2.45. The number of hydrogen-bond acceptors (Lipinski definition) is 5. The van der Waals surface area contributed by atoms with E-state index in [9.17, 15) is 4.39 Å². The number of hydrogen-bond donors (Lipinski definition) is 1. The Bertz CT molecular complexity index is 1180. The molecule has 0 atom stereocenters. The van der Waals surface area contributed by atoms with Gasteiger partial charge in [0.1, 0.15) is 22.8 Å². The lowest BCUT2D eigenvalue weighted by Crippen LogP contribution is -2.08. The predicted molar refractivity (Wildman–Crippen MR) is 106 cm³/mol. The summed E-state index contributed by atoms with van der Waals surface area (Å²) in [5.41, 5.74) is 4.41. The third-order valence-corrected chi connectivity index (χ3v) is 6.34. The first-order chi connectivity index (χ1) is 13.2. The van der Waals surface area contributed by atoms with Crippen LogP contribution in [-0.2, 0) is 19.4 Å². The summed E-state index contributed by atoms with van der Waals surface area (Å²) in [5, 5.41) is 8.89. The Hall–Kier alpha value is -2.51. The first-order valence-corrected chi connectivity index (χ1v) is 9.88. The summed E-state index contributed by atoms with van der Waals surface area (Å²) in [6.45, 7) is 2.97. The Kier molecular flexibility index (Phi) is 3.87. The second-order valence-electron chi connectivity index (χ2n) is 6.39. The molecule has 136 valence electrons. The van der Waals surface area contributed by atoms with Crippen molar-refractivity contribution >= 4 is 44.7 Å². The van der Waals surface area contributed by atoms with Crippen LogP contribution in [0.15, 0.2) is 30.7 Å². The molecule has 3 aromatic heterocycles. The predicted octanol–water partition coefficient (Wildman–Crippen LogP) is 5.21. The molecule has 1 N–H and O–H groups in total. The highest BCUT2D eigenvalue weighted by atomic mass is 35.5. The minimum atomic E-state index is -0.441. The summed E-state index contributed by atoms with van der Waals surface area (Å²) < 4.78 is 15.5. The third-order valence-electron chi connectivity index (χ3n) is 4.87. The second kappa shape index (κ2) is 6.28. The van der Waals surface area contributed by atoms with E-state index in [1.165, 1.54) is 27.8 Å². The van der Waals surface area contributed by atoms with Gasteiger partial charge in [0.05, 0.1) is 16.6 Å². The highest BCUT2D eigenvalue weighted by Gasteiger charge is 2.26. The molecule has 0 saturated carbocycles. The van der Waals surface area contributed by atoms with E-state index in [0.717, 1.165) is 29.6 Å². The van der Waals surface area contributed by atoms with E-state index in [4.69, 9.17) is 11.6 Å². The van der Waals surface area contributed by atoms with Crippen LogP contribution in [0, 0.1) is 5.82 Å². The maximum atomic E-state index is 13.4. The minimum Gasteiger partial charge on any atom is -0.340 e. The SMILES string of the molecule is CCn1ncc2c1CCc1c-2sc2ncnc(Nc3ccc(F)c(Cl)c3)c12. The molecule has 0 spiro atoms. The van der Waals surface area contributed by atoms with E-state index in [-0.39, 0.29) is 5.02 Å². The summed E-state index contributed by atoms with van der Waals surface area (Å²) in [4.78, 5) is 11.1. The van der Waals surface area contributed by atoms with Crippen molar-refractivity contribution < 1.29 is 4.39 Å². The molecule has 0 saturated heterocycles. The highest BCUT2D eigenvalue weighted by molar-refractivity contribution is 7.22. The van der Waals surface area contributed by atoms with Crippen LogP contribution < -0.4 is 5.32 Å². The summed E-state index contributed by atoms with van der Waals surface area (Å²) >= 11 is 7.58. The van der Waals surface area contributed by atoms with Crippen LogP contribution in [0.4, 0.5) is 15.9 Å². The number of thiophene rings is 1. The van der Waals surface area contributed by atoms with Crippen molar-refractivity contribution in [2.45, 2.75) is 26.3 Å². The lowest BCUT2D eigenvalue weighted by molar-refractivity contribution is 0.618. The van der Waals surface area contributed by atoms with Crippen LogP contribution in [0.3, 0.4) is 0 Å². The number of nitrogens with zero attached hydrogens (tertiary/aromatic N) is 4. The van der Waals surface area contributed by atoms with E-state index >= 15 is 0 Å². The van der Waals surface area contributed by atoms with E-state index in [1.807, 2.05) is 6.20 Å². The Morgan fingerprint density at radius 2 is 2.19 bits per heavy atom. The Balaban J connectivity index is 1.64. The van der Waals surface area contributed by atoms with Gasteiger partial charge in [-0.3, -0.25) is 4.68 Å². The molecule has 0 fully saturated rings. The molecular weight excluding hydrogens is 385 g/mol. The number of fused-ring (bicyclic) bond motifs is 5.